The van der Waals surface area contributed by atoms with Crippen molar-refractivity contribution in [1.82, 2.24) is 0 Å². The Kier molecular flexibility index (Phi) is 4.99. The molecule has 2 aromatic rings. The molecule has 0 aliphatic heterocycles. The summed E-state index contributed by atoms with van der Waals surface area (Å²) in [7, 11) is 0. The van der Waals surface area contributed by atoms with E-state index in [4.69, 9.17) is 46.4 Å². The third-order valence-corrected chi connectivity index (χ3v) is 4.17. The van der Waals surface area contributed by atoms with Gasteiger partial charge < -0.3 is 0 Å². The van der Waals surface area contributed by atoms with Gasteiger partial charge in [0.25, 0.3) is 0 Å². The van der Waals surface area contributed by atoms with Gasteiger partial charge in [0, 0.05) is 16.5 Å². The van der Waals surface area contributed by atoms with Crippen molar-refractivity contribution in [3.05, 3.63) is 56.5 Å². The van der Waals surface area contributed by atoms with E-state index < -0.39 is 11.7 Å². The van der Waals surface area contributed by atoms with Crippen molar-refractivity contribution < 1.29 is 13.2 Å². The Bertz CT molecular complexity index is 681. The Morgan fingerprint density at radius 1 is 0.952 bits per heavy atom. The summed E-state index contributed by atoms with van der Waals surface area (Å²) in [5.41, 5.74) is 0.113. The van der Waals surface area contributed by atoms with Gasteiger partial charge in [-0.1, -0.05) is 40.9 Å². The van der Waals surface area contributed by atoms with Gasteiger partial charge in [-0.2, -0.15) is 13.2 Å². The molecule has 0 spiro atoms. The Hall–Kier alpha value is -0.610. The first-order valence-electron chi connectivity index (χ1n) is 5.65. The lowest BCUT2D eigenvalue weighted by Crippen LogP contribution is -2.08. The predicted molar refractivity (Wildman–Crippen MR) is 81.5 cm³/mol. The number of halogens is 7. The van der Waals surface area contributed by atoms with Gasteiger partial charge in [0.15, 0.2) is 0 Å². The van der Waals surface area contributed by atoms with Crippen LogP contribution in [0.25, 0.3) is 11.1 Å². The monoisotopic (exact) mass is 372 g/mol. The lowest BCUT2D eigenvalue weighted by atomic mass is 9.99. The van der Waals surface area contributed by atoms with Gasteiger partial charge in [-0.25, -0.2) is 0 Å². The Morgan fingerprint density at radius 3 is 2.19 bits per heavy atom. The van der Waals surface area contributed by atoms with Gasteiger partial charge in [-0.15, -0.1) is 11.6 Å². The van der Waals surface area contributed by atoms with E-state index in [2.05, 4.69) is 0 Å². The topological polar surface area (TPSA) is 0 Å². The molecule has 0 fully saturated rings. The van der Waals surface area contributed by atoms with Crippen LogP contribution >= 0.6 is 46.4 Å². The number of hydrogen-bond acceptors (Lipinski definition) is 0. The molecule has 0 radical (unpaired) electrons. The van der Waals surface area contributed by atoms with Crippen LogP contribution in [0.5, 0.6) is 0 Å². The fourth-order valence-corrected chi connectivity index (χ4v) is 2.85. The fraction of sp³-hybridized carbons (Fsp3) is 0.143. The van der Waals surface area contributed by atoms with Crippen LogP contribution in [0.15, 0.2) is 30.3 Å². The van der Waals surface area contributed by atoms with E-state index in [1.54, 1.807) is 0 Å². The molecule has 0 atom stereocenters. The van der Waals surface area contributed by atoms with Crippen LogP contribution < -0.4 is 0 Å². The molecule has 0 bridgehead atoms. The molecule has 0 N–H and O–H groups in total. The normalized spacial score (nSPS) is 11.8. The van der Waals surface area contributed by atoms with Gasteiger partial charge >= 0.3 is 6.18 Å². The van der Waals surface area contributed by atoms with Crippen molar-refractivity contribution in [3.63, 3.8) is 0 Å². The number of alkyl halides is 4. The molecule has 0 aliphatic rings. The van der Waals surface area contributed by atoms with Crippen molar-refractivity contribution in [2.45, 2.75) is 12.1 Å². The quantitative estimate of drug-likeness (QED) is 0.390. The maximum absolute atomic E-state index is 12.9. The number of hydrogen-bond donors (Lipinski definition) is 0. The second-order valence-corrected chi connectivity index (χ2v) is 5.74. The minimum absolute atomic E-state index is 0.0335. The van der Waals surface area contributed by atoms with Gasteiger partial charge in [0.05, 0.1) is 15.6 Å². The van der Waals surface area contributed by atoms with Crippen LogP contribution in [-0.2, 0) is 12.1 Å². The van der Waals surface area contributed by atoms with Crippen LogP contribution in [0, 0.1) is 0 Å². The second kappa shape index (κ2) is 6.25. The standard InChI is InChI=1S/C14H7Cl4F3/c15-6-8-3-7(1-2-11(8)14(19,20)21)10-4-9(16)5-12(17)13(10)18/h1-5H,6H2. The molecule has 0 nitrogen and oxygen atoms in total. The average Bonchev–Trinajstić information content (AvgIpc) is 2.41. The summed E-state index contributed by atoms with van der Waals surface area (Å²) in [6, 6.07) is 6.62. The van der Waals surface area contributed by atoms with Crippen molar-refractivity contribution in [2.75, 3.05) is 0 Å². The molecular formula is C14H7Cl4F3. The maximum Gasteiger partial charge on any atom is 0.416 e. The van der Waals surface area contributed by atoms with Gasteiger partial charge in [-0.05, 0) is 35.4 Å². The van der Waals surface area contributed by atoms with Crippen molar-refractivity contribution in [2.24, 2.45) is 0 Å². The van der Waals surface area contributed by atoms with Crippen molar-refractivity contribution in [3.8, 4) is 11.1 Å². The summed E-state index contributed by atoms with van der Waals surface area (Å²) in [5.74, 6) is -0.269. The molecule has 0 amide bonds. The van der Waals surface area contributed by atoms with Crippen molar-refractivity contribution >= 4 is 46.4 Å². The number of rotatable bonds is 2. The molecule has 0 heterocycles. The molecular weight excluding hydrogens is 367 g/mol. The first-order valence-corrected chi connectivity index (χ1v) is 7.32. The highest BCUT2D eigenvalue weighted by molar-refractivity contribution is 6.45. The van der Waals surface area contributed by atoms with E-state index >= 15 is 0 Å². The first kappa shape index (κ1) is 16.8. The van der Waals surface area contributed by atoms with E-state index in [0.29, 0.717) is 16.1 Å². The molecule has 0 aliphatic carbocycles. The third-order valence-electron chi connectivity index (χ3n) is 2.86. The Labute approximate surface area is 139 Å². The molecule has 0 unspecified atom stereocenters. The minimum atomic E-state index is -4.46. The summed E-state index contributed by atoms with van der Waals surface area (Å²) in [6.45, 7) is 0. The molecule has 2 rings (SSSR count). The molecule has 21 heavy (non-hydrogen) atoms. The molecule has 0 aromatic heterocycles. The van der Waals surface area contributed by atoms with Crippen LogP contribution in [0.3, 0.4) is 0 Å². The Balaban J connectivity index is 2.62. The molecule has 0 saturated heterocycles. The third kappa shape index (κ3) is 3.59. The minimum Gasteiger partial charge on any atom is -0.166 e. The smallest absolute Gasteiger partial charge is 0.166 e. The summed E-state index contributed by atoms with van der Waals surface area (Å²) in [6.07, 6.45) is -4.46. The van der Waals surface area contributed by atoms with E-state index in [1.165, 1.54) is 24.3 Å². The van der Waals surface area contributed by atoms with E-state index in [0.717, 1.165) is 6.07 Å². The zero-order chi connectivity index (χ0) is 15.8. The molecule has 2 aromatic carbocycles. The van der Waals surface area contributed by atoms with Gasteiger partial charge in [0.1, 0.15) is 0 Å². The lowest BCUT2D eigenvalue weighted by molar-refractivity contribution is -0.138. The van der Waals surface area contributed by atoms with E-state index in [-0.39, 0.29) is 21.5 Å². The van der Waals surface area contributed by atoms with Crippen LogP contribution in [0.1, 0.15) is 11.1 Å². The molecule has 112 valence electrons. The first-order chi connectivity index (χ1) is 9.74. The fourth-order valence-electron chi connectivity index (χ4n) is 1.91. The van der Waals surface area contributed by atoms with Crippen LogP contribution in [0.2, 0.25) is 15.1 Å². The van der Waals surface area contributed by atoms with E-state index in [9.17, 15) is 13.2 Å². The zero-order valence-electron chi connectivity index (χ0n) is 10.2. The van der Waals surface area contributed by atoms with Gasteiger partial charge in [-0.3, -0.25) is 0 Å². The SMILES string of the molecule is FC(F)(F)c1ccc(-c2cc(Cl)cc(Cl)c2Cl)cc1CCl. The molecule has 0 saturated carbocycles. The summed E-state index contributed by atoms with van der Waals surface area (Å²) in [5, 5.41) is 0.791. The number of benzene rings is 2. The van der Waals surface area contributed by atoms with Crippen LogP contribution in [0.4, 0.5) is 13.2 Å². The average molecular weight is 374 g/mol. The van der Waals surface area contributed by atoms with Crippen molar-refractivity contribution in [1.29, 1.82) is 0 Å². The summed E-state index contributed by atoms with van der Waals surface area (Å²) >= 11 is 23.5. The summed E-state index contributed by atoms with van der Waals surface area (Å²) < 4.78 is 38.6. The lowest BCUT2D eigenvalue weighted by Gasteiger charge is -2.14. The zero-order valence-corrected chi connectivity index (χ0v) is 13.3. The maximum atomic E-state index is 12.9. The Morgan fingerprint density at radius 2 is 1.62 bits per heavy atom. The molecule has 7 heteroatoms. The highest BCUT2D eigenvalue weighted by Gasteiger charge is 2.33. The predicted octanol–water partition coefficient (Wildman–Crippen LogP) is 7.07. The highest BCUT2D eigenvalue weighted by atomic mass is 35.5. The van der Waals surface area contributed by atoms with Crippen LogP contribution in [-0.4, -0.2) is 0 Å². The highest BCUT2D eigenvalue weighted by Crippen LogP contribution is 2.39. The largest absolute Gasteiger partial charge is 0.416 e. The second-order valence-electron chi connectivity index (χ2n) is 4.25. The summed E-state index contributed by atoms with van der Waals surface area (Å²) in [4.78, 5) is 0. The van der Waals surface area contributed by atoms with Gasteiger partial charge in [0.2, 0.25) is 0 Å². The van der Waals surface area contributed by atoms with E-state index in [1.807, 2.05) is 0 Å².